The summed E-state index contributed by atoms with van der Waals surface area (Å²) in [5, 5.41) is 20.0. The van der Waals surface area contributed by atoms with E-state index >= 15 is 0 Å². The molecule has 3 N–H and O–H groups in total. The third kappa shape index (κ3) is 3.42. The molecule has 2 aromatic rings. The molecule has 30 heavy (non-hydrogen) atoms. The number of halogens is 1. The molecule has 4 saturated carbocycles. The average Bonchev–Trinajstić information content (AvgIpc) is 2.71. The van der Waals surface area contributed by atoms with E-state index in [-0.39, 0.29) is 5.41 Å². The van der Waals surface area contributed by atoms with Gasteiger partial charge in [0.15, 0.2) is 0 Å². The Labute approximate surface area is 181 Å². The Balaban J connectivity index is 1.48. The van der Waals surface area contributed by atoms with Crippen molar-refractivity contribution >= 4 is 23.6 Å². The quantitative estimate of drug-likeness (QED) is 0.335. The molecule has 0 unspecified atom stereocenters. The van der Waals surface area contributed by atoms with Gasteiger partial charge in [0.2, 0.25) is 0 Å². The first-order valence-corrected chi connectivity index (χ1v) is 11.1. The Morgan fingerprint density at radius 3 is 2.30 bits per heavy atom. The van der Waals surface area contributed by atoms with E-state index in [1.807, 2.05) is 24.3 Å². The zero-order chi connectivity index (χ0) is 20.9. The summed E-state index contributed by atoms with van der Waals surface area (Å²) < 4.78 is 0. The van der Waals surface area contributed by atoms with Gasteiger partial charge in [-0.1, -0.05) is 29.8 Å². The van der Waals surface area contributed by atoms with Gasteiger partial charge in [-0.3, -0.25) is 10.0 Å². The number of phenols is 1. The molecule has 0 aliphatic heterocycles. The Hall–Kier alpha value is -2.30. The van der Waals surface area contributed by atoms with E-state index in [9.17, 15) is 9.90 Å². The summed E-state index contributed by atoms with van der Waals surface area (Å²) in [7, 11) is 0. The topological polar surface area (TPSA) is 69.6 Å². The summed E-state index contributed by atoms with van der Waals surface area (Å²) in [4.78, 5) is 11.2. The summed E-state index contributed by atoms with van der Waals surface area (Å²) in [5.74, 6) is 2.25. The first-order valence-electron chi connectivity index (χ1n) is 10.7. The molecule has 4 fully saturated rings. The third-order valence-electron chi connectivity index (χ3n) is 7.45. The summed E-state index contributed by atoms with van der Waals surface area (Å²) in [6.07, 6.45) is 10.5. The van der Waals surface area contributed by atoms with Gasteiger partial charge in [0, 0.05) is 22.2 Å². The molecule has 0 aromatic heterocycles. The second-order valence-corrected chi connectivity index (χ2v) is 9.89. The van der Waals surface area contributed by atoms with Gasteiger partial charge in [-0.15, -0.1) is 0 Å². The third-order valence-corrected chi connectivity index (χ3v) is 7.76. The summed E-state index contributed by atoms with van der Waals surface area (Å²) in [6, 6.07) is 11.5. The smallest absolute Gasteiger partial charge is 0.267 e. The van der Waals surface area contributed by atoms with Gasteiger partial charge >= 0.3 is 0 Å². The number of hydroxylamine groups is 1. The van der Waals surface area contributed by atoms with Crippen molar-refractivity contribution in [2.24, 2.45) is 17.8 Å². The van der Waals surface area contributed by atoms with Crippen molar-refractivity contribution < 1.29 is 15.1 Å². The number of rotatable bonds is 4. The first-order chi connectivity index (χ1) is 14.5. The number of carbonyl (C=O) groups excluding carboxylic acids is 1. The highest BCUT2D eigenvalue weighted by Crippen LogP contribution is 2.62. The number of hydrogen-bond donors (Lipinski definition) is 3. The SMILES string of the molecule is O=C(/C=C/c1ccc(-c2ccc(O)c(C34CC5CC(CC(C5)C3)C4)c2)c(Cl)c1)NO. The van der Waals surface area contributed by atoms with Crippen molar-refractivity contribution in [2.75, 3.05) is 0 Å². The second kappa shape index (κ2) is 7.44. The minimum Gasteiger partial charge on any atom is -0.508 e. The van der Waals surface area contributed by atoms with Crippen LogP contribution in [-0.2, 0) is 10.2 Å². The van der Waals surface area contributed by atoms with Gasteiger partial charge in [0.25, 0.3) is 5.91 Å². The molecule has 0 spiro atoms. The van der Waals surface area contributed by atoms with E-state index in [2.05, 4.69) is 6.07 Å². The van der Waals surface area contributed by atoms with Crippen LogP contribution in [0.2, 0.25) is 5.02 Å². The predicted octanol–water partition coefficient (Wildman–Crippen LogP) is 5.70. The molecule has 0 radical (unpaired) electrons. The number of carbonyl (C=O) groups is 1. The van der Waals surface area contributed by atoms with Crippen molar-refractivity contribution in [2.45, 2.75) is 43.9 Å². The van der Waals surface area contributed by atoms with Crippen molar-refractivity contribution in [1.29, 1.82) is 0 Å². The molecule has 4 aliphatic rings. The molecule has 4 aliphatic carbocycles. The van der Waals surface area contributed by atoms with E-state index < -0.39 is 5.91 Å². The Morgan fingerprint density at radius 2 is 1.70 bits per heavy atom. The maximum atomic E-state index is 11.2. The van der Waals surface area contributed by atoms with E-state index in [0.717, 1.165) is 40.0 Å². The molecule has 5 heteroatoms. The zero-order valence-corrected chi connectivity index (χ0v) is 17.5. The molecule has 0 saturated heterocycles. The van der Waals surface area contributed by atoms with Crippen LogP contribution >= 0.6 is 11.6 Å². The van der Waals surface area contributed by atoms with Gasteiger partial charge in [-0.25, -0.2) is 5.48 Å². The largest absolute Gasteiger partial charge is 0.508 e. The molecule has 156 valence electrons. The highest BCUT2D eigenvalue weighted by Gasteiger charge is 2.52. The summed E-state index contributed by atoms with van der Waals surface area (Å²) >= 11 is 6.58. The molecule has 1 amide bonds. The minimum absolute atomic E-state index is 0.113. The van der Waals surface area contributed by atoms with Gasteiger partial charge < -0.3 is 5.11 Å². The lowest BCUT2D eigenvalue weighted by Crippen LogP contribution is -2.48. The normalized spacial score (nSPS) is 29.5. The van der Waals surface area contributed by atoms with E-state index in [1.165, 1.54) is 44.6 Å². The van der Waals surface area contributed by atoms with Crippen LogP contribution in [0, 0.1) is 17.8 Å². The van der Waals surface area contributed by atoms with Gasteiger partial charge in [0.1, 0.15) is 5.75 Å². The van der Waals surface area contributed by atoms with Crippen LogP contribution in [0.1, 0.15) is 49.7 Å². The number of amides is 1. The van der Waals surface area contributed by atoms with E-state index in [1.54, 1.807) is 17.6 Å². The lowest BCUT2D eigenvalue weighted by atomic mass is 9.48. The lowest BCUT2D eigenvalue weighted by molar-refractivity contribution is -0.124. The highest BCUT2D eigenvalue weighted by atomic mass is 35.5. The second-order valence-electron chi connectivity index (χ2n) is 9.48. The fourth-order valence-corrected chi connectivity index (χ4v) is 6.95. The first kappa shape index (κ1) is 19.7. The van der Waals surface area contributed by atoms with Crippen LogP contribution in [0.4, 0.5) is 0 Å². The fraction of sp³-hybridized carbons (Fsp3) is 0.400. The fourth-order valence-electron chi connectivity index (χ4n) is 6.65. The van der Waals surface area contributed by atoms with Crippen LogP contribution in [0.3, 0.4) is 0 Å². The average molecular weight is 424 g/mol. The van der Waals surface area contributed by atoms with Crippen LogP contribution in [0.15, 0.2) is 42.5 Å². The van der Waals surface area contributed by atoms with Crippen molar-refractivity contribution in [3.63, 3.8) is 0 Å². The van der Waals surface area contributed by atoms with Crippen LogP contribution in [0.25, 0.3) is 17.2 Å². The van der Waals surface area contributed by atoms with Gasteiger partial charge in [-0.05, 0) is 97.1 Å². The number of benzene rings is 2. The Kier molecular flexibility index (Phi) is 4.87. The molecular weight excluding hydrogens is 398 g/mol. The molecule has 4 nitrogen and oxygen atoms in total. The van der Waals surface area contributed by atoms with Crippen LogP contribution in [0.5, 0.6) is 5.75 Å². The summed E-state index contributed by atoms with van der Waals surface area (Å²) in [5.41, 5.74) is 5.47. The van der Waals surface area contributed by atoms with E-state index in [4.69, 9.17) is 16.8 Å². The molecule has 2 aromatic carbocycles. The van der Waals surface area contributed by atoms with Crippen LogP contribution < -0.4 is 5.48 Å². The Bertz CT molecular complexity index is 994. The van der Waals surface area contributed by atoms with Gasteiger partial charge in [-0.2, -0.15) is 0 Å². The molecule has 0 heterocycles. The van der Waals surface area contributed by atoms with Gasteiger partial charge in [0.05, 0.1) is 0 Å². The lowest BCUT2D eigenvalue weighted by Gasteiger charge is -2.57. The minimum atomic E-state index is -0.589. The number of nitrogens with one attached hydrogen (secondary N) is 1. The molecule has 6 rings (SSSR count). The van der Waals surface area contributed by atoms with Crippen molar-refractivity contribution in [1.82, 2.24) is 5.48 Å². The summed E-state index contributed by atoms with van der Waals surface area (Å²) in [6.45, 7) is 0. The van der Waals surface area contributed by atoms with Crippen molar-refractivity contribution in [3.8, 4) is 16.9 Å². The maximum absolute atomic E-state index is 11.2. The van der Waals surface area contributed by atoms with E-state index in [0.29, 0.717) is 10.8 Å². The maximum Gasteiger partial charge on any atom is 0.267 e. The monoisotopic (exact) mass is 423 g/mol. The highest BCUT2D eigenvalue weighted by molar-refractivity contribution is 6.33. The van der Waals surface area contributed by atoms with Crippen LogP contribution in [-0.4, -0.2) is 16.2 Å². The number of aromatic hydroxyl groups is 1. The zero-order valence-electron chi connectivity index (χ0n) is 16.8. The predicted molar refractivity (Wildman–Crippen MR) is 117 cm³/mol. The van der Waals surface area contributed by atoms with Crippen molar-refractivity contribution in [3.05, 3.63) is 58.6 Å². The number of phenolic OH excluding ortho intramolecular Hbond substituents is 1. The standard InChI is InChI=1S/C25H26ClNO3/c26-22-10-15(2-6-24(29)27-30)1-4-20(22)19-3-5-23(28)21(11-19)25-12-16-7-17(13-25)9-18(8-16)14-25/h1-6,10-11,16-18,28,30H,7-9,12-14H2,(H,27,29)/b6-2+. The number of hydrogen-bond acceptors (Lipinski definition) is 3. The molecule has 0 atom stereocenters. The molecular formula is C25H26ClNO3. The molecule has 4 bridgehead atoms. The Morgan fingerprint density at radius 1 is 1.03 bits per heavy atom.